The highest BCUT2D eigenvalue weighted by Gasteiger charge is 2.36. The smallest absolute Gasteiger partial charge is 0.294 e. The lowest BCUT2D eigenvalue weighted by atomic mass is 10.2. The largest absolute Gasteiger partial charge is 0.497 e. The van der Waals surface area contributed by atoms with Gasteiger partial charge in [-0.2, -0.15) is 0 Å². The first-order valence-electron chi connectivity index (χ1n) is 8.68. The SMILES string of the molecule is COc1cccc(C=C2SC(=O)N(CC(=O)NCCCn3ccnc3)C2=O)c1. The minimum Gasteiger partial charge on any atom is -0.497 e. The quantitative estimate of drug-likeness (QED) is 0.539. The molecule has 3 amide bonds. The summed E-state index contributed by atoms with van der Waals surface area (Å²) >= 11 is 0.826. The monoisotopic (exact) mass is 400 g/mol. The Labute approximate surface area is 166 Å². The number of aromatic nitrogens is 2. The lowest BCUT2D eigenvalue weighted by Crippen LogP contribution is -2.39. The summed E-state index contributed by atoms with van der Waals surface area (Å²) in [5.74, 6) is -0.176. The number of hydrogen-bond acceptors (Lipinski definition) is 6. The molecule has 28 heavy (non-hydrogen) atoms. The summed E-state index contributed by atoms with van der Waals surface area (Å²) in [5, 5.41) is 2.28. The van der Waals surface area contributed by atoms with Crippen LogP contribution in [0.1, 0.15) is 12.0 Å². The van der Waals surface area contributed by atoms with Gasteiger partial charge in [-0.05, 0) is 42.0 Å². The van der Waals surface area contributed by atoms with Crippen LogP contribution in [0.3, 0.4) is 0 Å². The third-order valence-electron chi connectivity index (χ3n) is 4.04. The number of ether oxygens (including phenoxy) is 1. The van der Waals surface area contributed by atoms with E-state index < -0.39 is 11.1 Å². The number of rotatable bonds is 8. The van der Waals surface area contributed by atoms with Crippen molar-refractivity contribution in [3.63, 3.8) is 0 Å². The molecule has 0 spiro atoms. The molecule has 1 aromatic heterocycles. The first kappa shape index (κ1) is 19.7. The summed E-state index contributed by atoms with van der Waals surface area (Å²) < 4.78 is 7.06. The highest BCUT2D eigenvalue weighted by Crippen LogP contribution is 2.32. The molecule has 0 bridgehead atoms. The molecule has 2 heterocycles. The Balaban J connectivity index is 1.52. The molecule has 0 atom stereocenters. The van der Waals surface area contributed by atoms with Crippen LogP contribution in [0.2, 0.25) is 0 Å². The number of carbonyl (C=O) groups excluding carboxylic acids is 3. The fraction of sp³-hybridized carbons (Fsp3) is 0.263. The van der Waals surface area contributed by atoms with Crippen molar-refractivity contribution in [3.8, 4) is 5.75 Å². The van der Waals surface area contributed by atoms with Gasteiger partial charge in [0.25, 0.3) is 11.1 Å². The van der Waals surface area contributed by atoms with Crippen molar-refractivity contribution in [1.82, 2.24) is 19.8 Å². The zero-order chi connectivity index (χ0) is 19.9. The number of nitrogens with zero attached hydrogens (tertiary/aromatic N) is 3. The van der Waals surface area contributed by atoms with Gasteiger partial charge in [-0.1, -0.05) is 12.1 Å². The van der Waals surface area contributed by atoms with Gasteiger partial charge in [-0.25, -0.2) is 4.98 Å². The predicted octanol–water partition coefficient (Wildman–Crippen LogP) is 2.13. The van der Waals surface area contributed by atoms with Crippen LogP contribution < -0.4 is 10.1 Å². The molecule has 1 saturated heterocycles. The zero-order valence-electron chi connectivity index (χ0n) is 15.3. The Bertz CT molecular complexity index is 895. The molecule has 0 aliphatic carbocycles. The van der Waals surface area contributed by atoms with E-state index in [2.05, 4.69) is 10.3 Å². The maximum atomic E-state index is 12.5. The van der Waals surface area contributed by atoms with Crippen LogP contribution in [0.15, 0.2) is 47.9 Å². The van der Waals surface area contributed by atoms with Crippen LogP contribution in [0.5, 0.6) is 5.75 Å². The first-order chi connectivity index (χ1) is 13.6. The molecule has 1 N–H and O–H groups in total. The number of hydrogen-bond donors (Lipinski definition) is 1. The van der Waals surface area contributed by atoms with Gasteiger partial charge in [0.2, 0.25) is 5.91 Å². The number of benzene rings is 1. The number of imidazole rings is 1. The van der Waals surface area contributed by atoms with Gasteiger partial charge in [0.05, 0.1) is 18.3 Å². The van der Waals surface area contributed by atoms with Gasteiger partial charge in [0, 0.05) is 25.5 Å². The fourth-order valence-electron chi connectivity index (χ4n) is 2.63. The molecule has 1 aliphatic rings. The second-order valence-corrected chi connectivity index (χ2v) is 7.04. The van der Waals surface area contributed by atoms with Gasteiger partial charge in [0.1, 0.15) is 12.3 Å². The maximum absolute atomic E-state index is 12.5. The summed E-state index contributed by atoms with van der Waals surface area (Å²) in [6, 6.07) is 7.16. The third-order valence-corrected chi connectivity index (χ3v) is 4.95. The minimum atomic E-state index is -0.466. The Hall–Kier alpha value is -3.07. The fourth-order valence-corrected chi connectivity index (χ4v) is 3.47. The summed E-state index contributed by atoms with van der Waals surface area (Å²) in [5.41, 5.74) is 0.744. The zero-order valence-corrected chi connectivity index (χ0v) is 16.1. The number of aryl methyl sites for hydroxylation is 1. The molecule has 146 valence electrons. The van der Waals surface area contributed by atoms with Crippen molar-refractivity contribution in [2.24, 2.45) is 0 Å². The number of nitrogens with one attached hydrogen (secondary N) is 1. The van der Waals surface area contributed by atoms with Crippen molar-refractivity contribution in [1.29, 1.82) is 0 Å². The van der Waals surface area contributed by atoms with Gasteiger partial charge < -0.3 is 14.6 Å². The summed E-state index contributed by atoms with van der Waals surface area (Å²) in [7, 11) is 1.56. The van der Waals surface area contributed by atoms with E-state index in [9.17, 15) is 14.4 Å². The average Bonchev–Trinajstić information content (AvgIpc) is 3.30. The lowest BCUT2D eigenvalue weighted by molar-refractivity contribution is -0.129. The van der Waals surface area contributed by atoms with Crippen LogP contribution in [-0.2, 0) is 16.1 Å². The number of amides is 3. The van der Waals surface area contributed by atoms with E-state index in [0.29, 0.717) is 12.3 Å². The van der Waals surface area contributed by atoms with E-state index in [1.165, 1.54) is 0 Å². The highest BCUT2D eigenvalue weighted by molar-refractivity contribution is 8.18. The number of carbonyl (C=O) groups is 3. The Morgan fingerprint density at radius 1 is 1.36 bits per heavy atom. The molecule has 2 aromatic rings. The van der Waals surface area contributed by atoms with Gasteiger partial charge in [0.15, 0.2) is 0 Å². The van der Waals surface area contributed by atoms with Crippen LogP contribution in [0.4, 0.5) is 4.79 Å². The minimum absolute atomic E-state index is 0.283. The van der Waals surface area contributed by atoms with Crippen LogP contribution >= 0.6 is 11.8 Å². The van der Waals surface area contributed by atoms with Crippen molar-refractivity contribution in [2.45, 2.75) is 13.0 Å². The van der Waals surface area contributed by atoms with E-state index in [-0.39, 0.29) is 17.4 Å². The van der Waals surface area contributed by atoms with Gasteiger partial charge in [-0.15, -0.1) is 0 Å². The van der Waals surface area contributed by atoms with Crippen LogP contribution in [0.25, 0.3) is 6.08 Å². The molecule has 1 aromatic carbocycles. The molecule has 9 heteroatoms. The molecule has 0 unspecified atom stereocenters. The van der Waals surface area contributed by atoms with E-state index >= 15 is 0 Å². The Morgan fingerprint density at radius 3 is 2.96 bits per heavy atom. The Kier molecular flexibility index (Phi) is 6.49. The molecular formula is C19H20N4O4S. The number of methoxy groups -OCH3 is 1. The Morgan fingerprint density at radius 2 is 2.21 bits per heavy atom. The van der Waals surface area contributed by atoms with Crippen LogP contribution in [-0.4, -0.2) is 51.7 Å². The maximum Gasteiger partial charge on any atom is 0.294 e. The van der Waals surface area contributed by atoms with E-state index in [4.69, 9.17) is 4.74 Å². The molecule has 0 radical (unpaired) electrons. The van der Waals surface area contributed by atoms with E-state index in [1.807, 2.05) is 16.8 Å². The first-order valence-corrected chi connectivity index (χ1v) is 9.50. The topological polar surface area (TPSA) is 93.5 Å². The third kappa shape index (κ3) is 5.01. The molecule has 1 fully saturated rings. The van der Waals surface area contributed by atoms with Gasteiger partial charge >= 0.3 is 0 Å². The van der Waals surface area contributed by atoms with Crippen molar-refractivity contribution in [3.05, 3.63) is 53.5 Å². The van der Waals surface area contributed by atoms with E-state index in [1.54, 1.807) is 43.9 Å². The molecular weight excluding hydrogens is 380 g/mol. The predicted molar refractivity (Wildman–Crippen MR) is 106 cm³/mol. The van der Waals surface area contributed by atoms with E-state index in [0.717, 1.165) is 35.2 Å². The van der Waals surface area contributed by atoms with Crippen LogP contribution in [0, 0.1) is 0 Å². The average molecular weight is 400 g/mol. The van der Waals surface area contributed by atoms with Gasteiger partial charge in [-0.3, -0.25) is 19.3 Å². The summed E-state index contributed by atoms with van der Waals surface area (Å²) in [6.07, 6.45) is 7.58. The molecule has 3 rings (SSSR count). The second-order valence-electron chi connectivity index (χ2n) is 6.05. The molecule has 1 aliphatic heterocycles. The second kappa shape index (κ2) is 9.23. The number of thioether (sulfide) groups is 1. The van der Waals surface area contributed by atoms with Crippen molar-refractivity contribution in [2.75, 3.05) is 20.2 Å². The van der Waals surface area contributed by atoms with Crippen molar-refractivity contribution < 1.29 is 19.1 Å². The standard InChI is InChI=1S/C19H20N4O4S/c1-27-15-5-2-4-14(10-15)11-16-18(25)23(19(26)28-16)12-17(24)21-6-3-8-22-9-7-20-13-22/h2,4-5,7,9-11,13H,3,6,8,12H2,1H3,(H,21,24). The number of imide groups is 1. The van der Waals surface area contributed by atoms with Crippen molar-refractivity contribution >= 4 is 34.9 Å². The lowest BCUT2D eigenvalue weighted by Gasteiger charge is -2.12. The molecule has 8 nitrogen and oxygen atoms in total. The summed E-state index contributed by atoms with van der Waals surface area (Å²) in [4.78, 5) is 41.9. The summed E-state index contributed by atoms with van der Waals surface area (Å²) in [6.45, 7) is 0.892. The highest BCUT2D eigenvalue weighted by atomic mass is 32.2. The molecule has 0 saturated carbocycles. The normalized spacial score (nSPS) is 15.3.